The molecule has 0 saturated heterocycles. The van der Waals surface area contributed by atoms with Crippen molar-refractivity contribution in [3.63, 3.8) is 0 Å². The molecular weight excluding hydrogens is 420 g/mol. The Kier molecular flexibility index (Phi) is 8.99. The molecule has 0 spiro atoms. The van der Waals surface area contributed by atoms with Crippen molar-refractivity contribution in [1.29, 1.82) is 0 Å². The van der Waals surface area contributed by atoms with Crippen LogP contribution in [0.25, 0.3) is 0 Å². The molecule has 3 rings (SSSR count). The Hall–Kier alpha value is -3.68. The lowest BCUT2D eigenvalue weighted by Gasteiger charge is -2.22. The summed E-state index contributed by atoms with van der Waals surface area (Å²) in [6, 6.07) is 16.5. The van der Waals surface area contributed by atoms with Crippen LogP contribution in [0.5, 0.6) is 5.75 Å². The first kappa shape index (κ1) is 24.0. The molecule has 0 aromatic heterocycles. The first-order valence-corrected chi connectivity index (χ1v) is 11.2. The van der Waals surface area contributed by atoms with Gasteiger partial charge in [0.1, 0.15) is 5.75 Å². The van der Waals surface area contributed by atoms with E-state index < -0.39 is 11.8 Å². The highest BCUT2D eigenvalue weighted by atomic mass is 16.5. The number of benzene rings is 2. The summed E-state index contributed by atoms with van der Waals surface area (Å²) in [6.07, 6.45) is 6.57. The Labute approximate surface area is 193 Å². The minimum atomic E-state index is -0.785. The molecule has 1 saturated carbocycles. The third kappa shape index (κ3) is 8.07. The highest BCUT2D eigenvalue weighted by Gasteiger charge is 2.19. The Balaban J connectivity index is 1.38. The summed E-state index contributed by atoms with van der Waals surface area (Å²) >= 11 is 0. The summed E-state index contributed by atoms with van der Waals surface area (Å²) in [5.41, 5.74) is 3.97. The maximum Gasteiger partial charge on any atom is 0.329 e. The molecule has 1 aliphatic carbocycles. The molecule has 3 N–H and O–H groups in total. The Morgan fingerprint density at radius 2 is 1.70 bits per heavy atom. The van der Waals surface area contributed by atoms with Crippen molar-refractivity contribution in [3.8, 4) is 5.75 Å². The van der Waals surface area contributed by atoms with Crippen LogP contribution in [-0.2, 0) is 14.4 Å². The highest BCUT2D eigenvalue weighted by Crippen LogP contribution is 2.17. The molecule has 0 bridgehead atoms. The van der Waals surface area contributed by atoms with Gasteiger partial charge < -0.3 is 15.4 Å². The molecular formula is C25H30N4O4. The molecule has 8 nitrogen and oxygen atoms in total. The predicted molar refractivity (Wildman–Crippen MR) is 126 cm³/mol. The molecule has 0 unspecified atom stereocenters. The molecule has 0 radical (unpaired) electrons. The lowest BCUT2D eigenvalue weighted by atomic mass is 9.95. The summed E-state index contributed by atoms with van der Waals surface area (Å²) < 4.78 is 5.53. The van der Waals surface area contributed by atoms with E-state index in [-0.39, 0.29) is 24.6 Å². The van der Waals surface area contributed by atoms with Gasteiger partial charge in [0.15, 0.2) is 6.61 Å². The van der Waals surface area contributed by atoms with Gasteiger partial charge in [-0.25, -0.2) is 5.43 Å². The molecule has 2 aromatic rings. The van der Waals surface area contributed by atoms with Gasteiger partial charge in [0, 0.05) is 6.04 Å². The lowest BCUT2D eigenvalue weighted by molar-refractivity contribution is -0.139. The zero-order valence-corrected chi connectivity index (χ0v) is 18.8. The van der Waals surface area contributed by atoms with Gasteiger partial charge >= 0.3 is 11.8 Å². The second-order valence-electron chi connectivity index (χ2n) is 8.07. The average Bonchev–Trinajstić information content (AvgIpc) is 2.84. The van der Waals surface area contributed by atoms with Gasteiger partial charge in [0.2, 0.25) is 0 Å². The molecule has 1 fully saturated rings. The van der Waals surface area contributed by atoms with E-state index in [9.17, 15) is 14.4 Å². The summed E-state index contributed by atoms with van der Waals surface area (Å²) in [7, 11) is 0. The van der Waals surface area contributed by atoms with Crippen molar-refractivity contribution in [3.05, 3.63) is 65.7 Å². The molecule has 0 heterocycles. The van der Waals surface area contributed by atoms with Gasteiger partial charge in [0.25, 0.3) is 5.91 Å². The Bertz CT molecular complexity index is 954. The fourth-order valence-electron chi connectivity index (χ4n) is 3.62. The van der Waals surface area contributed by atoms with E-state index in [1.54, 1.807) is 24.3 Å². The molecule has 0 aliphatic heterocycles. The monoisotopic (exact) mass is 450 g/mol. The van der Waals surface area contributed by atoms with Crippen molar-refractivity contribution < 1.29 is 19.1 Å². The number of hydrazone groups is 1. The molecule has 174 valence electrons. The number of ether oxygens (including phenoxy) is 1. The zero-order chi connectivity index (χ0) is 23.5. The van der Waals surface area contributed by atoms with Crippen LogP contribution in [0.3, 0.4) is 0 Å². The number of carbonyl (C=O) groups excluding carboxylic acids is 3. The number of hydrogen-bond acceptors (Lipinski definition) is 5. The topological polar surface area (TPSA) is 109 Å². The molecule has 1 atom stereocenters. The van der Waals surface area contributed by atoms with Gasteiger partial charge in [-0.1, -0.05) is 49.6 Å². The smallest absolute Gasteiger partial charge is 0.329 e. The van der Waals surface area contributed by atoms with E-state index in [0.29, 0.717) is 11.3 Å². The van der Waals surface area contributed by atoms with Crippen molar-refractivity contribution in [2.75, 3.05) is 6.61 Å². The number of amides is 3. The summed E-state index contributed by atoms with van der Waals surface area (Å²) in [6.45, 7) is 1.82. The molecule has 8 heteroatoms. The van der Waals surface area contributed by atoms with Crippen molar-refractivity contribution in [2.24, 2.45) is 5.10 Å². The molecule has 1 aliphatic rings. The SMILES string of the molecule is C[C@H](NC(=O)COc1ccc(/C=N\NC(=O)C(=O)NC2CCCCC2)cc1)c1ccccc1. The Morgan fingerprint density at radius 3 is 2.39 bits per heavy atom. The van der Waals surface area contributed by atoms with Gasteiger partial charge in [0.05, 0.1) is 12.3 Å². The normalized spacial score (nSPS) is 14.9. The van der Waals surface area contributed by atoms with Crippen LogP contribution < -0.4 is 20.8 Å². The predicted octanol–water partition coefficient (Wildman–Crippen LogP) is 2.84. The molecule has 33 heavy (non-hydrogen) atoms. The summed E-state index contributed by atoms with van der Waals surface area (Å²) in [5.74, 6) is -1.13. The second kappa shape index (κ2) is 12.4. The van der Waals surface area contributed by atoms with Crippen LogP contribution in [0, 0.1) is 0 Å². The zero-order valence-electron chi connectivity index (χ0n) is 18.8. The fourth-order valence-corrected chi connectivity index (χ4v) is 3.62. The van der Waals surface area contributed by atoms with Crippen LogP contribution >= 0.6 is 0 Å². The van der Waals surface area contributed by atoms with Crippen LogP contribution in [-0.4, -0.2) is 36.6 Å². The van der Waals surface area contributed by atoms with Gasteiger partial charge in [-0.3, -0.25) is 14.4 Å². The number of carbonyl (C=O) groups is 3. The average molecular weight is 451 g/mol. The number of nitrogens with one attached hydrogen (secondary N) is 3. The largest absolute Gasteiger partial charge is 0.484 e. The van der Waals surface area contributed by atoms with E-state index in [2.05, 4.69) is 21.2 Å². The van der Waals surface area contributed by atoms with Crippen LogP contribution in [0.2, 0.25) is 0 Å². The molecule has 2 aromatic carbocycles. The van der Waals surface area contributed by atoms with E-state index in [0.717, 1.165) is 31.2 Å². The number of rotatable bonds is 8. The minimum absolute atomic E-state index is 0.0668. The fraction of sp³-hybridized carbons (Fsp3) is 0.360. The first-order valence-electron chi connectivity index (χ1n) is 11.2. The van der Waals surface area contributed by atoms with Gasteiger partial charge in [-0.15, -0.1) is 0 Å². The van der Waals surface area contributed by atoms with Crippen LogP contribution in [0.15, 0.2) is 59.7 Å². The lowest BCUT2D eigenvalue weighted by Crippen LogP contribution is -2.44. The quantitative estimate of drug-likeness (QED) is 0.326. The standard InChI is InChI=1S/C25H30N4O4/c1-18(20-8-4-2-5-9-20)27-23(30)17-33-22-14-12-19(13-15-22)16-26-29-25(32)24(31)28-21-10-6-3-7-11-21/h2,4-5,8-9,12-16,18,21H,3,6-7,10-11,17H2,1H3,(H,27,30)(H,28,31)(H,29,32)/b26-16-/t18-/m0/s1. The third-order valence-electron chi connectivity index (χ3n) is 5.45. The van der Waals surface area contributed by atoms with E-state index in [1.807, 2.05) is 37.3 Å². The maximum absolute atomic E-state index is 12.1. The highest BCUT2D eigenvalue weighted by molar-refractivity contribution is 6.35. The number of nitrogens with zero attached hydrogens (tertiary/aromatic N) is 1. The van der Waals surface area contributed by atoms with E-state index in [4.69, 9.17) is 4.74 Å². The van der Waals surface area contributed by atoms with Crippen LogP contribution in [0.4, 0.5) is 0 Å². The minimum Gasteiger partial charge on any atom is -0.484 e. The first-order chi connectivity index (χ1) is 16.0. The maximum atomic E-state index is 12.1. The number of hydrogen-bond donors (Lipinski definition) is 3. The van der Waals surface area contributed by atoms with E-state index in [1.165, 1.54) is 12.6 Å². The van der Waals surface area contributed by atoms with Crippen molar-refractivity contribution in [1.82, 2.24) is 16.1 Å². The summed E-state index contributed by atoms with van der Waals surface area (Å²) in [4.78, 5) is 35.9. The van der Waals surface area contributed by atoms with E-state index >= 15 is 0 Å². The van der Waals surface area contributed by atoms with Crippen molar-refractivity contribution in [2.45, 2.75) is 51.1 Å². The third-order valence-corrected chi connectivity index (χ3v) is 5.45. The van der Waals surface area contributed by atoms with Gasteiger partial charge in [-0.2, -0.15) is 5.10 Å². The summed E-state index contributed by atoms with van der Waals surface area (Å²) in [5, 5.41) is 9.47. The van der Waals surface area contributed by atoms with Crippen LogP contribution in [0.1, 0.15) is 56.2 Å². The van der Waals surface area contributed by atoms with Crippen molar-refractivity contribution >= 4 is 23.9 Å². The van der Waals surface area contributed by atoms with Gasteiger partial charge in [-0.05, 0) is 55.2 Å². The molecule has 3 amide bonds. The Morgan fingerprint density at radius 1 is 1.00 bits per heavy atom. The second-order valence-corrected chi connectivity index (χ2v) is 8.07.